The molecule has 0 saturated heterocycles. The minimum absolute atomic E-state index is 0.242. The second-order valence-electron chi connectivity index (χ2n) is 6.63. The van der Waals surface area contributed by atoms with Crippen molar-refractivity contribution in [3.63, 3.8) is 0 Å². The van der Waals surface area contributed by atoms with Crippen LogP contribution in [0.4, 0.5) is 5.69 Å². The molecule has 4 aromatic rings. The summed E-state index contributed by atoms with van der Waals surface area (Å²) in [5, 5.41) is 6.86. The minimum Gasteiger partial charge on any atom is -0.494 e. The number of hydrogen-bond donors (Lipinski definition) is 1. The molecular weight excluding hydrogens is 382 g/mol. The molecule has 7 nitrogen and oxygen atoms in total. The molecule has 30 heavy (non-hydrogen) atoms. The van der Waals surface area contributed by atoms with E-state index in [1.165, 1.54) is 0 Å². The normalized spacial score (nSPS) is 10.7. The Morgan fingerprint density at radius 3 is 2.67 bits per heavy atom. The molecule has 2 heterocycles. The fourth-order valence-corrected chi connectivity index (χ4v) is 2.85. The van der Waals surface area contributed by atoms with Gasteiger partial charge in [-0.25, -0.2) is 0 Å². The van der Waals surface area contributed by atoms with Crippen molar-refractivity contribution in [1.82, 2.24) is 10.1 Å². The third kappa shape index (κ3) is 4.41. The first-order valence-electron chi connectivity index (χ1n) is 9.76. The second kappa shape index (κ2) is 9.09. The van der Waals surface area contributed by atoms with Crippen molar-refractivity contribution in [2.75, 3.05) is 11.9 Å². The Labute approximate surface area is 173 Å². The molecule has 152 valence electrons. The van der Waals surface area contributed by atoms with Gasteiger partial charge in [-0.2, -0.15) is 4.98 Å². The largest absolute Gasteiger partial charge is 0.494 e. The summed E-state index contributed by atoms with van der Waals surface area (Å²) >= 11 is 0. The summed E-state index contributed by atoms with van der Waals surface area (Å²) in [5.41, 5.74) is 1.71. The van der Waals surface area contributed by atoms with Gasteiger partial charge in [0.2, 0.25) is 5.82 Å². The number of carbonyl (C=O) groups is 1. The van der Waals surface area contributed by atoms with Crippen molar-refractivity contribution >= 4 is 11.6 Å². The molecule has 0 unspecified atom stereocenters. The van der Waals surface area contributed by atoms with Gasteiger partial charge >= 0.3 is 0 Å². The number of benzene rings is 2. The van der Waals surface area contributed by atoms with Crippen LogP contribution in [-0.2, 0) is 0 Å². The van der Waals surface area contributed by atoms with Crippen molar-refractivity contribution in [2.45, 2.75) is 19.8 Å². The number of aromatic nitrogens is 2. The number of rotatable bonds is 8. The summed E-state index contributed by atoms with van der Waals surface area (Å²) in [6, 6.07) is 17.8. The molecule has 0 atom stereocenters. The first-order chi connectivity index (χ1) is 14.7. The third-order valence-corrected chi connectivity index (χ3v) is 4.46. The van der Waals surface area contributed by atoms with Crippen molar-refractivity contribution in [1.29, 1.82) is 0 Å². The van der Waals surface area contributed by atoms with Crippen molar-refractivity contribution in [3.8, 4) is 28.8 Å². The smallest absolute Gasteiger partial charge is 0.260 e. The van der Waals surface area contributed by atoms with Crippen LogP contribution in [0.2, 0.25) is 0 Å². The lowest BCUT2D eigenvalue weighted by Gasteiger charge is -2.09. The number of nitrogens with one attached hydrogen (secondary N) is 1. The van der Waals surface area contributed by atoms with Crippen molar-refractivity contribution < 1.29 is 18.5 Å². The highest BCUT2D eigenvalue weighted by Crippen LogP contribution is 2.29. The molecule has 2 aromatic heterocycles. The topological polar surface area (TPSA) is 90.4 Å². The number of amides is 1. The molecule has 7 heteroatoms. The number of hydrogen-bond acceptors (Lipinski definition) is 6. The molecule has 2 aromatic carbocycles. The lowest BCUT2D eigenvalue weighted by molar-refractivity contribution is 0.102. The van der Waals surface area contributed by atoms with E-state index in [4.69, 9.17) is 13.7 Å². The van der Waals surface area contributed by atoms with Gasteiger partial charge in [0.25, 0.3) is 11.8 Å². The zero-order valence-corrected chi connectivity index (χ0v) is 16.5. The van der Waals surface area contributed by atoms with E-state index in [0.717, 1.165) is 18.6 Å². The molecule has 0 bridgehead atoms. The van der Waals surface area contributed by atoms with Gasteiger partial charge in [-0.1, -0.05) is 30.6 Å². The first-order valence-corrected chi connectivity index (χ1v) is 9.76. The van der Waals surface area contributed by atoms with E-state index in [9.17, 15) is 4.79 Å². The van der Waals surface area contributed by atoms with E-state index in [2.05, 4.69) is 22.4 Å². The van der Waals surface area contributed by atoms with E-state index >= 15 is 0 Å². The highest BCUT2D eigenvalue weighted by Gasteiger charge is 2.17. The molecule has 0 spiro atoms. The van der Waals surface area contributed by atoms with Gasteiger partial charge in [-0.15, -0.1) is 0 Å². The number of unbranched alkanes of at least 4 members (excludes halogenated alkanes) is 1. The Hall–Kier alpha value is -3.87. The fourth-order valence-electron chi connectivity index (χ4n) is 2.85. The van der Waals surface area contributed by atoms with E-state index in [1.54, 1.807) is 54.8 Å². The first kappa shape index (κ1) is 19.4. The molecule has 0 saturated carbocycles. The van der Waals surface area contributed by atoms with Crippen LogP contribution in [0.3, 0.4) is 0 Å². The average Bonchev–Trinajstić information content (AvgIpc) is 3.47. The van der Waals surface area contributed by atoms with Gasteiger partial charge in [0.15, 0.2) is 5.76 Å². The maximum absolute atomic E-state index is 12.7. The molecule has 0 aliphatic carbocycles. The quantitative estimate of drug-likeness (QED) is 0.395. The van der Waals surface area contributed by atoms with Crippen LogP contribution in [0.1, 0.15) is 30.1 Å². The van der Waals surface area contributed by atoms with E-state index in [1.807, 2.05) is 12.1 Å². The predicted molar refractivity (Wildman–Crippen MR) is 112 cm³/mol. The highest BCUT2D eigenvalue weighted by molar-refractivity contribution is 6.06. The number of para-hydroxylation sites is 1. The van der Waals surface area contributed by atoms with Gasteiger partial charge in [-0.05, 0) is 55.0 Å². The highest BCUT2D eigenvalue weighted by atomic mass is 16.5. The van der Waals surface area contributed by atoms with Crippen LogP contribution in [0.5, 0.6) is 5.75 Å². The number of anilines is 1. The standard InChI is InChI=1S/C23H21N3O4/c1-2-3-14-28-17-12-10-16(11-13-17)22(27)24-19-8-5-4-7-18(19)23-25-21(26-30-23)20-9-6-15-29-20/h4-13,15H,2-3,14H2,1H3,(H,24,27). The molecular formula is C23H21N3O4. The van der Waals surface area contributed by atoms with Gasteiger partial charge < -0.3 is 19.0 Å². The lowest BCUT2D eigenvalue weighted by Crippen LogP contribution is -2.12. The monoisotopic (exact) mass is 403 g/mol. The van der Waals surface area contributed by atoms with E-state index in [-0.39, 0.29) is 11.8 Å². The molecule has 0 aliphatic heterocycles. The molecule has 1 N–H and O–H groups in total. The van der Waals surface area contributed by atoms with Crippen LogP contribution in [0.15, 0.2) is 75.9 Å². The Morgan fingerprint density at radius 1 is 1.07 bits per heavy atom. The van der Waals surface area contributed by atoms with Crippen LogP contribution in [0, 0.1) is 0 Å². The van der Waals surface area contributed by atoms with Gasteiger partial charge in [0.05, 0.1) is 24.1 Å². The number of carbonyl (C=O) groups excluding carboxylic acids is 1. The Morgan fingerprint density at radius 2 is 1.90 bits per heavy atom. The number of ether oxygens (including phenoxy) is 1. The number of furan rings is 1. The molecule has 0 radical (unpaired) electrons. The maximum atomic E-state index is 12.7. The maximum Gasteiger partial charge on any atom is 0.260 e. The van der Waals surface area contributed by atoms with Gasteiger partial charge in [0, 0.05) is 5.56 Å². The van der Waals surface area contributed by atoms with Crippen molar-refractivity contribution in [3.05, 3.63) is 72.5 Å². The molecule has 0 aliphatic rings. The Balaban J connectivity index is 1.50. The molecule has 4 rings (SSSR count). The molecule has 0 fully saturated rings. The molecule has 1 amide bonds. The number of nitrogens with zero attached hydrogens (tertiary/aromatic N) is 2. The van der Waals surface area contributed by atoms with Crippen LogP contribution in [0.25, 0.3) is 23.0 Å². The fraction of sp³-hybridized carbons (Fsp3) is 0.174. The average molecular weight is 403 g/mol. The predicted octanol–water partition coefficient (Wildman–Crippen LogP) is 5.43. The Kier molecular flexibility index (Phi) is 5.89. The van der Waals surface area contributed by atoms with E-state index in [0.29, 0.717) is 35.0 Å². The summed E-state index contributed by atoms with van der Waals surface area (Å²) in [6.45, 7) is 2.78. The van der Waals surface area contributed by atoms with Crippen molar-refractivity contribution in [2.24, 2.45) is 0 Å². The SMILES string of the molecule is CCCCOc1ccc(C(=O)Nc2ccccc2-c2nc(-c3ccco3)no2)cc1. The van der Waals surface area contributed by atoms with Gasteiger partial charge in [0.1, 0.15) is 5.75 Å². The third-order valence-electron chi connectivity index (χ3n) is 4.46. The summed E-state index contributed by atoms with van der Waals surface area (Å²) in [6.07, 6.45) is 3.61. The van der Waals surface area contributed by atoms with E-state index < -0.39 is 0 Å². The Bertz CT molecular complexity index is 1100. The second-order valence-corrected chi connectivity index (χ2v) is 6.63. The van der Waals surface area contributed by atoms with Crippen LogP contribution in [-0.4, -0.2) is 22.7 Å². The van der Waals surface area contributed by atoms with Crippen LogP contribution >= 0.6 is 0 Å². The zero-order chi connectivity index (χ0) is 20.8. The van der Waals surface area contributed by atoms with Crippen LogP contribution < -0.4 is 10.1 Å². The minimum atomic E-state index is -0.242. The summed E-state index contributed by atoms with van der Waals surface area (Å²) in [4.78, 5) is 17.1. The summed E-state index contributed by atoms with van der Waals surface area (Å²) < 4.78 is 16.3. The summed E-state index contributed by atoms with van der Waals surface area (Å²) in [7, 11) is 0. The zero-order valence-electron chi connectivity index (χ0n) is 16.5. The summed E-state index contributed by atoms with van der Waals surface area (Å²) in [5.74, 6) is 1.64. The lowest BCUT2D eigenvalue weighted by atomic mass is 10.1. The van der Waals surface area contributed by atoms with Gasteiger partial charge in [-0.3, -0.25) is 4.79 Å².